The third-order valence-corrected chi connectivity index (χ3v) is 5.68. The molecule has 6 nitrogen and oxygen atoms in total. The van der Waals surface area contributed by atoms with Crippen LogP contribution in [0.15, 0.2) is 85.5 Å². The number of benzene rings is 2. The van der Waals surface area contributed by atoms with Gasteiger partial charge in [0.25, 0.3) is 11.8 Å². The summed E-state index contributed by atoms with van der Waals surface area (Å²) in [5.74, 6) is -1.66. The summed E-state index contributed by atoms with van der Waals surface area (Å²) in [6, 6.07) is 19.8. The first kappa shape index (κ1) is 16.6. The second kappa shape index (κ2) is 6.56. The highest BCUT2D eigenvalue weighted by Gasteiger charge is 2.55. The lowest BCUT2D eigenvalue weighted by atomic mass is 9.68. The number of aromatic nitrogens is 3. The van der Waals surface area contributed by atoms with Crippen molar-refractivity contribution in [2.45, 2.75) is 11.8 Å². The zero-order valence-corrected chi connectivity index (χ0v) is 15.0. The van der Waals surface area contributed by atoms with Crippen LogP contribution >= 0.6 is 0 Å². The summed E-state index contributed by atoms with van der Waals surface area (Å²) in [4.78, 5) is 26.8. The lowest BCUT2D eigenvalue weighted by Crippen LogP contribution is -2.40. The van der Waals surface area contributed by atoms with E-state index in [0.717, 1.165) is 11.1 Å². The maximum absolute atomic E-state index is 13.4. The van der Waals surface area contributed by atoms with E-state index >= 15 is 0 Å². The molecule has 0 radical (unpaired) electrons. The van der Waals surface area contributed by atoms with Crippen molar-refractivity contribution in [2.75, 3.05) is 5.01 Å². The van der Waals surface area contributed by atoms with Gasteiger partial charge in [-0.3, -0.25) is 9.59 Å². The molecule has 0 N–H and O–H groups in total. The summed E-state index contributed by atoms with van der Waals surface area (Å²) in [5, 5.41) is 8.71. The molecule has 1 saturated heterocycles. The van der Waals surface area contributed by atoms with Gasteiger partial charge in [0, 0.05) is 11.8 Å². The van der Waals surface area contributed by atoms with Gasteiger partial charge in [-0.2, -0.15) is 5.01 Å². The highest BCUT2D eigenvalue weighted by Crippen LogP contribution is 2.48. The SMILES string of the molecule is O=C1C2C(c3ccccc3)C=CC(c3ccccc3)C2C(=O)N1n1cnnc1. The van der Waals surface area contributed by atoms with Gasteiger partial charge in [-0.05, 0) is 11.1 Å². The maximum atomic E-state index is 13.4. The van der Waals surface area contributed by atoms with Crippen molar-refractivity contribution in [3.8, 4) is 0 Å². The average Bonchev–Trinajstić information content (AvgIpc) is 3.36. The van der Waals surface area contributed by atoms with Crippen molar-refractivity contribution in [1.29, 1.82) is 0 Å². The highest BCUT2D eigenvalue weighted by molar-refractivity contribution is 6.17. The van der Waals surface area contributed by atoms with Gasteiger partial charge < -0.3 is 0 Å². The topological polar surface area (TPSA) is 68.1 Å². The number of carbonyl (C=O) groups excluding carboxylic acids is 2. The number of imide groups is 1. The van der Waals surface area contributed by atoms with E-state index in [1.54, 1.807) is 0 Å². The molecule has 0 spiro atoms. The quantitative estimate of drug-likeness (QED) is 0.525. The zero-order chi connectivity index (χ0) is 19.1. The highest BCUT2D eigenvalue weighted by atomic mass is 16.2. The Morgan fingerprint density at radius 2 is 1.07 bits per heavy atom. The van der Waals surface area contributed by atoms with Crippen molar-refractivity contribution in [1.82, 2.24) is 14.9 Å². The summed E-state index contributed by atoms with van der Waals surface area (Å²) < 4.78 is 1.38. The van der Waals surface area contributed by atoms with Crippen molar-refractivity contribution in [2.24, 2.45) is 11.8 Å². The lowest BCUT2D eigenvalue weighted by Gasteiger charge is -2.32. The summed E-state index contributed by atoms with van der Waals surface area (Å²) in [6.45, 7) is 0. The first-order valence-corrected chi connectivity index (χ1v) is 9.26. The van der Waals surface area contributed by atoms with Crippen LogP contribution in [0.1, 0.15) is 23.0 Å². The first-order chi connectivity index (χ1) is 13.8. The molecule has 1 aliphatic carbocycles. The summed E-state index contributed by atoms with van der Waals surface area (Å²) >= 11 is 0. The minimum absolute atomic E-state index is 0.149. The molecular formula is C22H18N4O2. The van der Waals surface area contributed by atoms with Crippen molar-refractivity contribution in [3.63, 3.8) is 0 Å². The van der Waals surface area contributed by atoms with Gasteiger partial charge in [-0.15, -0.1) is 10.2 Å². The Labute approximate surface area is 162 Å². The molecule has 4 atom stereocenters. The largest absolute Gasteiger partial charge is 0.272 e. The summed E-state index contributed by atoms with van der Waals surface area (Å²) in [6.07, 6.45) is 6.93. The van der Waals surface area contributed by atoms with Crippen LogP contribution in [0.2, 0.25) is 0 Å². The van der Waals surface area contributed by atoms with Crippen LogP contribution in [0, 0.1) is 11.8 Å². The smallest absolute Gasteiger partial charge is 0.253 e. The van der Waals surface area contributed by atoms with Gasteiger partial charge in [-0.1, -0.05) is 72.8 Å². The molecule has 3 aromatic rings. The number of amides is 2. The van der Waals surface area contributed by atoms with E-state index in [1.165, 1.54) is 22.3 Å². The Hall–Kier alpha value is -3.54. The Kier molecular flexibility index (Phi) is 3.90. The number of rotatable bonds is 3. The minimum Gasteiger partial charge on any atom is -0.272 e. The zero-order valence-electron chi connectivity index (χ0n) is 15.0. The molecule has 1 aliphatic heterocycles. The monoisotopic (exact) mass is 370 g/mol. The van der Waals surface area contributed by atoms with Crippen molar-refractivity contribution in [3.05, 3.63) is 96.6 Å². The number of hydrogen-bond acceptors (Lipinski definition) is 4. The first-order valence-electron chi connectivity index (χ1n) is 9.26. The van der Waals surface area contributed by atoms with E-state index in [1.807, 2.05) is 60.7 Å². The van der Waals surface area contributed by atoms with E-state index in [9.17, 15) is 9.59 Å². The molecule has 2 aromatic carbocycles. The predicted molar refractivity (Wildman–Crippen MR) is 103 cm³/mol. The van der Waals surface area contributed by atoms with E-state index < -0.39 is 11.8 Å². The Bertz CT molecular complexity index is 963. The second-order valence-electron chi connectivity index (χ2n) is 7.14. The minimum atomic E-state index is -0.465. The molecule has 2 heterocycles. The lowest BCUT2D eigenvalue weighted by molar-refractivity contribution is -0.124. The van der Waals surface area contributed by atoms with Crippen LogP contribution in [0.4, 0.5) is 0 Å². The van der Waals surface area contributed by atoms with Gasteiger partial charge in [0.05, 0.1) is 11.8 Å². The van der Waals surface area contributed by atoms with Crippen molar-refractivity contribution >= 4 is 11.8 Å². The van der Waals surface area contributed by atoms with Crippen LogP contribution in [-0.4, -0.2) is 26.7 Å². The Morgan fingerprint density at radius 1 is 0.643 bits per heavy atom. The van der Waals surface area contributed by atoms with Crippen LogP contribution < -0.4 is 5.01 Å². The van der Waals surface area contributed by atoms with Gasteiger partial charge >= 0.3 is 0 Å². The molecule has 0 bridgehead atoms. The predicted octanol–water partition coefficient (Wildman–Crippen LogP) is 2.65. The molecule has 138 valence electrons. The van der Waals surface area contributed by atoms with Crippen molar-refractivity contribution < 1.29 is 9.59 Å². The fourth-order valence-corrected chi connectivity index (χ4v) is 4.44. The number of fused-ring (bicyclic) bond motifs is 1. The number of carbonyl (C=O) groups is 2. The molecule has 1 fully saturated rings. The van der Waals surface area contributed by atoms with Gasteiger partial charge in [0.15, 0.2) is 0 Å². The Morgan fingerprint density at radius 3 is 1.50 bits per heavy atom. The van der Waals surface area contributed by atoms with Crippen LogP contribution in [0.5, 0.6) is 0 Å². The molecule has 1 aromatic heterocycles. The van der Waals surface area contributed by atoms with E-state index in [2.05, 4.69) is 22.3 Å². The fourth-order valence-electron chi connectivity index (χ4n) is 4.44. The average molecular weight is 370 g/mol. The normalized spacial score (nSPS) is 26.5. The fraction of sp³-hybridized carbons (Fsp3) is 0.182. The molecule has 6 heteroatoms. The molecule has 5 rings (SSSR count). The molecule has 2 amide bonds. The Balaban J connectivity index is 1.64. The van der Waals surface area contributed by atoms with E-state index in [0.29, 0.717) is 0 Å². The van der Waals surface area contributed by atoms with E-state index in [-0.39, 0.29) is 23.7 Å². The maximum Gasteiger partial charge on any atom is 0.253 e. The third-order valence-electron chi connectivity index (χ3n) is 5.68. The number of allylic oxidation sites excluding steroid dienone is 2. The van der Waals surface area contributed by atoms with Crippen LogP contribution in [-0.2, 0) is 9.59 Å². The molecule has 4 unspecified atom stereocenters. The number of nitrogens with zero attached hydrogens (tertiary/aromatic N) is 4. The van der Waals surface area contributed by atoms with E-state index in [4.69, 9.17) is 0 Å². The number of hydrogen-bond donors (Lipinski definition) is 0. The molecule has 2 aliphatic rings. The summed E-state index contributed by atoms with van der Waals surface area (Å²) in [7, 11) is 0. The molecule has 28 heavy (non-hydrogen) atoms. The summed E-state index contributed by atoms with van der Waals surface area (Å²) in [5.41, 5.74) is 2.07. The van der Waals surface area contributed by atoms with Gasteiger partial charge in [-0.25, -0.2) is 4.68 Å². The van der Waals surface area contributed by atoms with Gasteiger partial charge in [0.2, 0.25) is 0 Å². The van der Waals surface area contributed by atoms with Crippen LogP contribution in [0.3, 0.4) is 0 Å². The third kappa shape index (κ3) is 2.49. The molecular weight excluding hydrogens is 352 g/mol. The molecule has 0 saturated carbocycles. The second-order valence-corrected chi connectivity index (χ2v) is 7.14. The standard InChI is InChI=1S/C22H18N4O2/c27-21-19-17(15-7-3-1-4-8-15)11-12-18(16-9-5-2-6-10-16)20(19)22(28)26(21)25-13-23-24-14-25/h1-14,17-20H. The van der Waals surface area contributed by atoms with Crippen LogP contribution in [0.25, 0.3) is 0 Å². The van der Waals surface area contributed by atoms with Gasteiger partial charge in [0.1, 0.15) is 12.7 Å².